The summed E-state index contributed by atoms with van der Waals surface area (Å²) in [5, 5.41) is 14.4. The molecule has 0 fully saturated rings. The molecule has 1 aromatic carbocycles. The Morgan fingerprint density at radius 3 is 2.06 bits per heavy atom. The van der Waals surface area contributed by atoms with E-state index in [-0.39, 0.29) is 37.1 Å². The molecule has 0 aliphatic heterocycles. The highest BCUT2D eigenvalue weighted by Crippen LogP contribution is 2.23. The number of hydrogen-bond acceptors (Lipinski definition) is 8. The maximum absolute atomic E-state index is 13.6. The molecule has 0 saturated heterocycles. The number of carbonyl (C=O) groups excluding carboxylic acids is 4. The van der Waals surface area contributed by atoms with Gasteiger partial charge in [-0.3, -0.25) is 9.59 Å². The first-order chi connectivity index (χ1) is 21.7. The van der Waals surface area contributed by atoms with Crippen molar-refractivity contribution in [2.75, 3.05) is 6.54 Å². The SMILES string of the molecule is CC(C)C[C@H](OC(=O)C(C)(C)CNC(=O)OC(C)(C)C)C(=O)O[C@@H](C/C=C/C(=O)N[C@@H](C(=O)O)C(C)C)[C@H](C)/C=C/c1ccccc1. The number of carbonyl (C=O) groups is 5. The van der Waals surface area contributed by atoms with Gasteiger partial charge in [-0.05, 0) is 64.5 Å². The van der Waals surface area contributed by atoms with E-state index >= 15 is 0 Å². The van der Waals surface area contributed by atoms with E-state index in [1.54, 1.807) is 48.5 Å². The van der Waals surface area contributed by atoms with Gasteiger partial charge < -0.3 is 30.0 Å². The zero-order valence-corrected chi connectivity index (χ0v) is 29.5. The number of alkyl carbamates (subject to hydrolysis) is 1. The molecular weight excluding hydrogens is 604 g/mol. The first-order valence-electron chi connectivity index (χ1n) is 16.0. The Labute approximate surface area is 279 Å². The minimum atomic E-state index is -1.22. The molecule has 262 valence electrons. The summed E-state index contributed by atoms with van der Waals surface area (Å²) < 4.78 is 16.9. The van der Waals surface area contributed by atoms with E-state index < -0.39 is 59.2 Å². The Balaban J connectivity index is 3.15. The van der Waals surface area contributed by atoms with Crippen molar-refractivity contribution in [2.45, 2.75) is 106 Å². The average molecular weight is 659 g/mol. The molecule has 0 aromatic heterocycles. The Morgan fingerprint density at radius 1 is 0.915 bits per heavy atom. The number of carboxylic acids is 1. The van der Waals surface area contributed by atoms with Crippen LogP contribution in [0.2, 0.25) is 0 Å². The van der Waals surface area contributed by atoms with Crippen LogP contribution in [-0.4, -0.2) is 65.4 Å². The zero-order valence-electron chi connectivity index (χ0n) is 29.5. The van der Waals surface area contributed by atoms with Crippen LogP contribution in [0.4, 0.5) is 4.79 Å². The van der Waals surface area contributed by atoms with E-state index in [1.165, 1.54) is 12.2 Å². The number of amides is 2. The molecule has 47 heavy (non-hydrogen) atoms. The van der Waals surface area contributed by atoms with Crippen LogP contribution in [0.3, 0.4) is 0 Å². The van der Waals surface area contributed by atoms with Gasteiger partial charge >= 0.3 is 24.0 Å². The Bertz CT molecular complexity index is 1250. The van der Waals surface area contributed by atoms with Crippen molar-refractivity contribution in [2.24, 2.45) is 23.2 Å². The van der Waals surface area contributed by atoms with Gasteiger partial charge in [0.15, 0.2) is 6.10 Å². The lowest BCUT2D eigenvalue weighted by Crippen LogP contribution is -2.44. The van der Waals surface area contributed by atoms with E-state index in [0.29, 0.717) is 0 Å². The van der Waals surface area contributed by atoms with Crippen molar-refractivity contribution in [1.82, 2.24) is 10.6 Å². The number of esters is 2. The quantitative estimate of drug-likeness (QED) is 0.105. The molecule has 0 radical (unpaired) electrons. The van der Waals surface area contributed by atoms with Gasteiger partial charge in [0.05, 0.1) is 5.41 Å². The lowest BCUT2D eigenvalue weighted by molar-refractivity contribution is -0.178. The maximum Gasteiger partial charge on any atom is 0.407 e. The molecule has 4 atom stereocenters. The van der Waals surface area contributed by atoms with E-state index in [9.17, 15) is 29.1 Å². The molecule has 1 aromatic rings. The molecule has 1 rings (SSSR count). The molecule has 2 amide bonds. The van der Waals surface area contributed by atoms with Crippen LogP contribution in [0.25, 0.3) is 6.08 Å². The second kappa shape index (κ2) is 18.9. The molecule has 0 aliphatic carbocycles. The van der Waals surface area contributed by atoms with Gasteiger partial charge in [-0.25, -0.2) is 14.4 Å². The van der Waals surface area contributed by atoms with Crippen molar-refractivity contribution < 1.29 is 43.3 Å². The molecule has 0 saturated carbocycles. The first-order valence-corrected chi connectivity index (χ1v) is 16.0. The van der Waals surface area contributed by atoms with E-state index in [2.05, 4.69) is 10.6 Å². The fraction of sp³-hybridized carbons (Fsp3) is 0.583. The molecule has 0 spiro atoms. The summed E-state index contributed by atoms with van der Waals surface area (Å²) in [5.74, 6) is -3.82. The number of benzene rings is 1. The summed E-state index contributed by atoms with van der Waals surface area (Å²) in [7, 11) is 0. The average Bonchev–Trinajstić information content (AvgIpc) is 2.95. The predicted molar refractivity (Wildman–Crippen MR) is 180 cm³/mol. The number of ether oxygens (including phenoxy) is 3. The van der Waals surface area contributed by atoms with Gasteiger partial charge in [0.2, 0.25) is 5.91 Å². The third-order valence-corrected chi connectivity index (χ3v) is 6.94. The fourth-order valence-electron chi connectivity index (χ4n) is 4.16. The normalized spacial score (nSPS) is 14.8. The van der Waals surface area contributed by atoms with Crippen LogP contribution < -0.4 is 10.6 Å². The van der Waals surface area contributed by atoms with Crippen LogP contribution in [0, 0.1) is 23.2 Å². The lowest BCUT2D eigenvalue weighted by Gasteiger charge is -2.29. The number of hydrogen-bond donors (Lipinski definition) is 3. The molecule has 0 unspecified atom stereocenters. The highest BCUT2D eigenvalue weighted by Gasteiger charge is 2.36. The van der Waals surface area contributed by atoms with Gasteiger partial charge in [-0.2, -0.15) is 0 Å². The van der Waals surface area contributed by atoms with Gasteiger partial charge in [-0.15, -0.1) is 0 Å². The molecule has 3 N–H and O–H groups in total. The molecule has 11 heteroatoms. The number of nitrogens with one attached hydrogen (secondary N) is 2. The fourth-order valence-corrected chi connectivity index (χ4v) is 4.16. The Morgan fingerprint density at radius 2 is 1.53 bits per heavy atom. The topological polar surface area (TPSA) is 157 Å². The molecule has 11 nitrogen and oxygen atoms in total. The van der Waals surface area contributed by atoms with E-state index in [1.807, 2.05) is 63.3 Å². The summed E-state index contributed by atoms with van der Waals surface area (Å²) >= 11 is 0. The summed E-state index contributed by atoms with van der Waals surface area (Å²) in [6.45, 7) is 17.3. The Kier molecular flexibility index (Phi) is 16.4. The highest BCUT2D eigenvalue weighted by atomic mass is 16.6. The second-order valence-corrected chi connectivity index (χ2v) is 14.1. The van der Waals surface area contributed by atoms with Crippen molar-refractivity contribution in [3.63, 3.8) is 0 Å². The molecule has 0 bridgehead atoms. The monoisotopic (exact) mass is 658 g/mol. The van der Waals surface area contributed by atoms with Crippen LogP contribution in [0.1, 0.15) is 87.6 Å². The van der Waals surface area contributed by atoms with Gasteiger partial charge in [0.1, 0.15) is 17.7 Å². The first kappa shape index (κ1) is 40.9. The van der Waals surface area contributed by atoms with Crippen LogP contribution in [0.15, 0.2) is 48.6 Å². The summed E-state index contributed by atoms with van der Waals surface area (Å²) in [4.78, 5) is 62.9. The van der Waals surface area contributed by atoms with Gasteiger partial charge in [-0.1, -0.05) is 83.2 Å². The lowest BCUT2D eigenvalue weighted by atomic mass is 9.93. The van der Waals surface area contributed by atoms with Gasteiger partial charge in [0.25, 0.3) is 0 Å². The number of carboxylic acid groups (broad SMARTS) is 1. The summed E-state index contributed by atoms with van der Waals surface area (Å²) in [5.41, 5.74) is -0.947. The minimum Gasteiger partial charge on any atom is -0.480 e. The number of rotatable bonds is 17. The number of aliphatic carboxylic acids is 1. The third kappa shape index (κ3) is 16.3. The Hall–Kier alpha value is -4.15. The minimum absolute atomic E-state index is 0.0241. The summed E-state index contributed by atoms with van der Waals surface area (Å²) in [6, 6.07) is 8.52. The molecule has 0 heterocycles. The predicted octanol–water partition coefficient (Wildman–Crippen LogP) is 5.93. The summed E-state index contributed by atoms with van der Waals surface area (Å²) in [6.07, 6.45) is 4.21. The van der Waals surface area contributed by atoms with Crippen molar-refractivity contribution in [3.8, 4) is 0 Å². The molecule has 0 aliphatic rings. The maximum atomic E-state index is 13.6. The van der Waals surface area contributed by atoms with E-state index in [4.69, 9.17) is 14.2 Å². The van der Waals surface area contributed by atoms with Crippen molar-refractivity contribution in [3.05, 3.63) is 54.1 Å². The van der Waals surface area contributed by atoms with Gasteiger partial charge in [0, 0.05) is 18.9 Å². The molecular formula is C36H54N2O9. The highest BCUT2D eigenvalue weighted by molar-refractivity contribution is 5.91. The standard InChI is InChI=1S/C36H54N2O9/c1-23(2)21-28(46-33(43)36(9,10)22-37-34(44)47-35(6,7)8)32(42)45-27(25(5)19-20-26-15-12-11-13-16-26)17-14-18-29(39)38-30(24(3)4)31(40)41/h11-16,18-20,23-25,27-28,30H,17,21-22H2,1-10H3,(H,37,44)(H,38,39)(H,40,41)/b18-14+,20-19+/t25-,27+,28+,30-/m1/s1. The van der Waals surface area contributed by atoms with Crippen LogP contribution in [-0.2, 0) is 33.4 Å². The third-order valence-electron chi connectivity index (χ3n) is 6.94. The van der Waals surface area contributed by atoms with Crippen LogP contribution >= 0.6 is 0 Å². The zero-order chi connectivity index (χ0) is 35.9. The largest absolute Gasteiger partial charge is 0.480 e. The smallest absolute Gasteiger partial charge is 0.407 e. The van der Waals surface area contributed by atoms with Crippen LogP contribution in [0.5, 0.6) is 0 Å². The second-order valence-electron chi connectivity index (χ2n) is 14.1. The van der Waals surface area contributed by atoms with Crippen molar-refractivity contribution >= 4 is 36.0 Å². The van der Waals surface area contributed by atoms with Crippen molar-refractivity contribution in [1.29, 1.82) is 0 Å². The van der Waals surface area contributed by atoms with E-state index in [0.717, 1.165) is 5.56 Å².